The third kappa shape index (κ3) is 4.62. The second-order valence-corrected chi connectivity index (χ2v) is 5.50. The first kappa shape index (κ1) is 17.1. The number of anilines is 2. The molecule has 0 radical (unpaired) electrons. The minimum atomic E-state index is -0.196. The van der Waals surface area contributed by atoms with Gasteiger partial charge >= 0.3 is 0 Å². The highest BCUT2D eigenvalue weighted by molar-refractivity contribution is 5.95. The quantitative estimate of drug-likeness (QED) is 0.695. The van der Waals surface area contributed by atoms with E-state index in [4.69, 9.17) is 10.00 Å². The molecule has 3 rings (SSSR count). The van der Waals surface area contributed by atoms with Crippen LogP contribution >= 0.6 is 0 Å². The van der Waals surface area contributed by atoms with Crippen molar-refractivity contribution in [3.05, 3.63) is 84.4 Å². The Kier molecular flexibility index (Phi) is 5.48. The van der Waals surface area contributed by atoms with E-state index in [9.17, 15) is 4.79 Å². The fourth-order valence-corrected chi connectivity index (χ4v) is 2.31. The monoisotopic (exact) mass is 343 g/mol. The van der Waals surface area contributed by atoms with Crippen molar-refractivity contribution in [2.75, 3.05) is 17.2 Å². The van der Waals surface area contributed by atoms with Crippen LogP contribution in [0.1, 0.15) is 5.56 Å². The summed E-state index contributed by atoms with van der Waals surface area (Å²) in [6.45, 7) is 0.103. The maximum Gasteiger partial charge on any atom is 0.243 e. The number of nitrogens with zero attached hydrogens (tertiary/aromatic N) is 1. The van der Waals surface area contributed by atoms with E-state index in [2.05, 4.69) is 16.7 Å². The normalized spacial score (nSPS) is 9.81. The molecule has 0 saturated carbocycles. The number of carbonyl (C=O) groups is 1. The number of benzene rings is 3. The van der Waals surface area contributed by atoms with E-state index in [1.54, 1.807) is 36.4 Å². The van der Waals surface area contributed by atoms with Gasteiger partial charge < -0.3 is 15.4 Å². The standard InChI is InChI=1S/C21H17N3O2/c22-14-16-10-12-17(13-11-16)23-15-21(25)24-19-8-4-5-9-20(19)26-18-6-2-1-3-7-18/h1-13,23H,15H2,(H,24,25). The van der Waals surface area contributed by atoms with Crippen LogP contribution in [-0.4, -0.2) is 12.5 Å². The van der Waals surface area contributed by atoms with Gasteiger partial charge in [-0.2, -0.15) is 5.26 Å². The molecule has 0 aliphatic heterocycles. The molecule has 0 aliphatic carbocycles. The van der Waals surface area contributed by atoms with E-state index in [0.29, 0.717) is 22.7 Å². The van der Waals surface area contributed by atoms with Crippen LogP contribution in [0.15, 0.2) is 78.9 Å². The molecule has 0 atom stereocenters. The van der Waals surface area contributed by atoms with E-state index >= 15 is 0 Å². The fraction of sp³-hybridized carbons (Fsp3) is 0.0476. The molecule has 0 unspecified atom stereocenters. The number of ether oxygens (including phenoxy) is 1. The second kappa shape index (κ2) is 8.36. The molecule has 0 aromatic heterocycles. The number of nitrogens with one attached hydrogen (secondary N) is 2. The summed E-state index contributed by atoms with van der Waals surface area (Å²) in [5.74, 6) is 1.08. The van der Waals surface area contributed by atoms with Crippen LogP contribution in [0.5, 0.6) is 11.5 Å². The largest absolute Gasteiger partial charge is 0.455 e. The van der Waals surface area contributed by atoms with Crippen LogP contribution in [0, 0.1) is 11.3 Å². The van der Waals surface area contributed by atoms with Crippen molar-refractivity contribution in [2.24, 2.45) is 0 Å². The molecular weight excluding hydrogens is 326 g/mol. The van der Waals surface area contributed by atoms with Crippen LogP contribution in [0.2, 0.25) is 0 Å². The number of hydrogen-bond donors (Lipinski definition) is 2. The summed E-state index contributed by atoms with van der Waals surface area (Å²) in [4.78, 5) is 12.2. The lowest BCUT2D eigenvalue weighted by molar-refractivity contribution is -0.114. The molecule has 5 nitrogen and oxygen atoms in total. The number of hydrogen-bond acceptors (Lipinski definition) is 4. The Morgan fingerprint density at radius 2 is 1.62 bits per heavy atom. The molecular formula is C21H17N3O2. The van der Waals surface area contributed by atoms with Gasteiger partial charge in [-0.25, -0.2) is 0 Å². The van der Waals surface area contributed by atoms with E-state index in [-0.39, 0.29) is 12.5 Å². The predicted molar refractivity (Wildman–Crippen MR) is 101 cm³/mol. The van der Waals surface area contributed by atoms with Crippen LogP contribution in [0.4, 0.5) is 11.4 Å². The summed E-state index contributed by atoms with van der Waals surface area (Å²) in [7, 11) is 0. The highest BCUT2D eigenvalue weighted by Crippen LogP contribution is 2.29. The summed E-state index contributed by atoms with van der Waals surface area (Å²) in [5, 5.41) is 14.7. The van der Waals surface area contributed by atoms with Crippen molar-refractivity contribution >= 4 is 17.3 Å². The van der Waals surface area contributed by atoms with Crippen molar-refractivity contribution in [3.8, 4) is 17.6 Å². The van der Waals surface area contributed by atoms with Gasteiger partial charge in [0.2, 0.25) is 5.91 Å². The first-order valence-electron chi connectivity index (χ1n) is 8.10. The Labute approximate surface area is 151 Å². The lowest BCUT2D eigenvalue weighted by atomic mass is 10.2. The predicted octanol–water partition coefficient (Wildman–Crippen LogP) is 4.40. The maximum absolute atomic E-state index is 12.2. The average molecular weight is 343 g/mol. The van der Waals surface area contributed by atoms with Crippen molar-refractivity contribution < 1.29 is 9.53 Å². The SMILES string of the molecule is N#Cc1ccc(NCC(=O)Nc2ccccc2Oc2ccccc2)cc1. The van der Waals surface area contributed by atoms with Crippen molar-refractivity contribution in [1.29, 1.82) is 5.26 Å². The molecule has 0 heterocycles. The first-order valence-corrected chi connectivity index (χ1v) is 8.10. The summed E-state index contributed by atoms with van der Waals surface area (Å²) < 4.78 is 5.83. The Morgan fingerprint density at radius 3 is 2.35 bits per heavy atom. The molecule has 26 heavy (non-hydrogen) atoms. The number of para-hydroxylation sites is 3. The number of rotatable bonds is 6. The molecule has 5 heteroatoms. The Balaban J connectivity index is 1.61. The zero-order chi connectivity index (χ0) is 18.2. The van der Waals surface area contributed by atoms with Gasteiger partial charge in [0, 0.05) is 5.69 Å². The number of amides is 1. The number of carbonyl (C=O) groups excluding carboxylic acids is 1. The van der Waals surface area contributed by atoms with Crippen LogP contribution in [0.25, 0.3) is 0 Å². The van der Waals surface area contributed by atoms with Gasteiger partial charge in [0.15, 0.2) is 5.75 Å². The van der Waals surface area contributed by atoms with Crippen LogP contribution in [-0.2, 0) is 4.79 Å². The lowest BCUT2D eigenvalue weighted by Crippen LogP contribution is -2.22. The molecule has 1 amide bonds. The van der Waals surface area contributed by atoms with Crippen LogP contribution < -0.4 is 15.4 Å². The smallest absolute Gasteiger partial charge is 0.243 e. The molecule has 0 fully saturated rings. The summed E-state index contributed by atoms with van der Waals surface area (Å²) in [6, 6.07) is 25.6. The Hall–Kier alpha value is -3.78. The summed E-state index contributed by atoms with van der Waals surface area (Å²) >= 11 is 0. The van der Waals surface area contributed by atoms with E-state index in [1.165, 1.54) is 0 Å². The highest BCUT2D eigenvalue weighted by Gasteiger charge is 2.08. The van der Waals surface area contributed by atoms with Crippen molar-refractivity contribution in [2.45, 2.75) is 0 Å². The minimum Gasteiger partial charge on any atom is -0.455 e. The molecule has 0 saturated heterocycles. The lowest BCUT2D eigenvalue weighted by Gasteiger charge is -2.13. The zero-order valence-corrected chi connectivity index (χ0v) is 14.0. The third-order valence-electron chi connectivity index (χ3n) is 3.60. The molecule has 0 aliphatic rings. The van der Waals surface area contributed by atoms with Gasteiger partial charge in [-0.1, -0.05) is 30.3 Å². The van der Waals surface area contributed by atoms with Crippen molar-refractivity contribution in [1.82, 2.24) is 0 Å². The van der Waals surface area contributed by atoms with Crippen LogP contribution in [0.3, 0.4) is 0 Å². The van der Waals surface area contributed by atoms with E-state index < -0.39 is 0 Å². The summed E-state index contributed by atoms with van der Waals surface area (Å²) in [5.41, 5.74) is 1.95. The van der Waals surface area contributed by atoms with Crippen molar-refractivity contribution in [3.63, 3.8) is 0 Å². The van der Waals surface area contributed by atoms with E-state index in [0.717, 1.165) is 5.69 Å². The van der Waals surface area contributed by atoms with E-state index in [1.807, 2.05) is 42.5 Å². The van der Waals surface area contributed by atoms with Gasteiger partial charge in [-0.15, -0.1) is 0 Å². The topological polar surface area (TPSA) is 74.2 Å². The molecule has 0 bridgehead atoms. The first-order chi connectivity index (χ1) is 12.7. The van der Waals surface area contributed by atoms with Gasteiger partial charge in [0.1, 0.15) is 5.75 Å². The van der Waals surface area contributed by atoms with Gasteiger partial charge in [0.05, 0.1) is 23.9 Å². The highest BCUT2D eigenvalue weighted by atomic mass is 16.5. The molecule has 2 N–H and O–H groups in total. The second-order valence-electron chi connectivity index (χ2n) is 5.50. The Bertz CT molecular complexity index is 916. The van der Waals surface area contributed by atoms with Gasteiger partial charge in [0.25, 0.3) is 0 Å². The molecule has 3 aromatic rings. The molecule has 128 valence electrons. The molecule has 0 spiro atoms. The zero-order valence-electron chi connectivity index (χ0n) is 14.0. The number of nitriles is 1. The Morgan fingerprint density at radius 1 is 0.923 bits per heavy atom. The maximum atomic E-state index is 12.2. The third-order valence-corrected chi connectivity index (χ3v) is 3.60. The minimum absolute atomic E-state index is 0.103. The fourth-order valence-electron chi connectivity index (χ4n) is 2.31. The van der Waals surface area contributed by atoms with Gasteiger partial charge in [-0.3, -0.25) is 4.79 Å². The van der Waals surface area contributed by atoms with Gasteiger partial charge in [-0.05, 0) is 48.5 Å². The average Bonchev–Trinajstić information content (AvgIpc) is 2.69. The summed E-state index contributed by atoms with van der Waals surface area (Å²) in [6.07, 6.45) is 0. The molecule has 3 aromatic carbocycles.